The number of rotatable bonds is 3. The van der Waals surface area contributed by atoms with Gasteiger partial charge in [-0.15, -0.1) is 11.3 Å². The molecule has 1 nitrogen and oxygen atoms in total. The van der Waals surface area contributed by atoms with Crippen molar-refractivity contribution in [3.8, 4) is 0 Å². The van der Waals surface area contributed by atoms with E-state index in [0.717, 1.165) is 12.5 Å². The van der Waals surface area contributed by atoms with Gasteiger partial charge in [-0.25, -0.2) is 0 Å². The van der Waals surface area contributed by atoms with Crippen molar-refractivity contribution in [3.05, 3.63) is 20.8 Å². The lowest BCUT2D eigenvalue weighted by atomic mass is 9.70. The first kappa shape index (κ1) is 13.6. The molecule has 0 aliphatic heterocycles. The maximum Gasteiger partial charge on any atom is 0.0327 e. The fraction of sp³-hybridized carbons (Fsp3) is 0.714. The van der Waals surface area contributed by atoms with Crippen molar-refractivity contribution in [1.29, 1.82) is 0 Å². The summed E-state index contributed by atoms with van der Waals surface area (Å²) in [5.74, 6) is 0.789. The summed E-state index contributed by atoms with van der Waals surface area (Å²) in [7, 11) is 0. The van der Waals surface area contributed by atoms with E-state index in [-0.39, 0.29) is 0 Å². The van der Waals surface area contributed by atoms with Crippen LogP contribution in [-0.4, -0.2) is 6.04 Å². The molecule has 1 N–H and O–H groups in total. The van der Waals surface area contributed by atoms with Crippen molar-refractivity contribution >= 4 is 27.3 Å². The molecule has 1 heterocycles. The molecule has 0 spiro atoms. The SMILES string of the molecule is CC1CC(C)(C)CCC1NCc1sccc1Br. The van der Waals surface area contributed by atoms with Gasteiger partial charge in [-0.3, -0.25) is 0 Å². The average Bonchev–Trinajstić information content (AvgIpc) is 2.62. The lowest BCUT2D eigenvalue weighted by molar-refractivity contribution is 0.148. The normalized spacial score (nSPS) is 28.2. The molecule has 1 aromatic rings. The highest BCUT2D eigenvalue weighted by molar-refractivity contribution is 9.10. The van der Waals surface area contributed by atoms with Crippen LogP contribution in [0.1, 0.15) is 44.9 Å². The standard InChI is InChI=1S/C14H22BrNS/c1-10-8-14(2,3)6-4-12(10)16-9-13-11(15)5-7-17-13/h5,7,10,12,16H,4,6,8-9H2,1-3H3. The van der Waals surface area contributed by atoms with Crippen LogP contribution in [0.5, 0.6) is 0 Å². The van der Waals surface area contributed by atoms with Crippen molar-refractivity contribution in [3.63, 3.8) is 0 Å². The molecular formula is C14H22BrNS. The van der Waals surface area contributed by atoms with Gasteiger partial charge in [-0.05, 0) is 58.0 Å². The number of nitrogens with one attached hydrogen (secondary N) is 1. The van der Waals surface area contributed by atoms with Gasteiger partial charge in [0.05, 0.1) is 0 Å². The Morgan fingerprint density at radius 2 is 2.29 bits per heavy atom. The Balaban J connectivity index is 1.86. The van der Waals surface area contributed by atoms with Gasteiger partial charge in [0.15, 0.2) is 0 Å². The molecule has 0 radical (unpaired) electrons. The average molecular weight is 316 g/mol. The van der Waals surface area contributed by atoms with Crippen LogP contribution in [0.25, 0.3) is 0 Å². The van der Waals surface area contributed by atoms with Crippen LogP contribution in [0, 0.1) is 11.3 Å². The maximum atomic E-state index is 3.73. The zero-order valence-electron chi connectivity index (χ0n) is 10.9. The number of halogens is 1. The zero-order valence-corrected chi connectivity index (χ0v) is 13.3. The summed E-state index contributed by atoms with van der Waals surface area (Å²) in [5.41, 5.74) is 0.543. The quantitative estimate of drug-likeness (QED) is 0.843. The minimum Gasteiger partial charge on any atom is -0.309 e. The minimum atomic E-state index is 0.543. The lowest BCUT2D eigenvalue weighted by Gasteiger charge is -2.39. The molecule has 0 aromatic carbocycles. The first-order valence-corrected chi connectivity index (χ1v) is 8.10. The first-order valence-electron chi connectivity index (χ1n) is 6.43. The molecule has 1 fully saturated rings. The lowest BCUT2D eigenvalue weighted by Crippen LogP contribution is -2.41. The van der Waals surface area contributed by atoms with Gasteiger partial charge in [0.2, 0.25) is 0 Å². The molecule has 1 aliphatic rings. The van der Waals surface area contributed by atoms with E-state index in [9.17, 15) is 0 Å². The molecule has 2 unspecified atom stereocenters. The molecule has 2 rings (SSSR count). The topological polar surface area (TPSA) is 12.0 Å². The van der Waals surface area contributed by atoms with Crippen molar-refractivity contribution in [2.75, 3.05) is 0 Å². The van der Waals surface area contributed by atoms with E-state index in [0.29, 0.717) is 11.5 Å². The molecule has 1 aliphatic carbocycles. The predicted octanol–water partition coefficient (Wildman–Crippen LogP) is 4.82. The third kappa shape index (κ3) is 3.55. The van der Waals surface area contributed by atoms with Crippen LogP contribution in [0.3, 0.4) is 0 Å². The predicted molar refractivity (Wildman–Crippen MR) is 79.4 cm³/mol. The Labute approximate surface area is 117 Å². The van der Waals surface area contributed by atoms with Crippen LogP contribution in [0.4, 0.5) is 0 Å². The van der Waals surface area contributed by atoms with Crippen LogP contribution in [0.2, 0.25) is 0 Å². The summed E-state index contributed by atoms with van der Waals surface area (Å²) in [6.07, 6.45) is 4.01. The molecule has 0 amide bonds. The van der Waals surface area contributed by atoms with E-state index in [1.54, 1.807) is 0 Å². The fourth-order valence-electron chi connectivity index (χ4n) is 2.92. The number of hydrogen-bond donors (Lipinski definition) is 1. The van der Waals surface area contributed by atoms with Crippen LogP contribution in [-0.2, 0) is 6.54 Å². The second-order valence-electron chi connectivity index (χ2n) is 6.06. The van der Waals surface area contributed by atoms with Gasteiger partial charge in [0.1, 0.15) is 0 Å². The van der Waals surface area contributed by atoms with E-state index in [1.165, 1.54) is 28.6 Å². The van der Waals surface area contributed by atoms with Crippen molar-refractivity contribution in [1.82, 2.24) is 5.32 Å². The van der Waals surface area contributed by atoms with E-state index in [4.69, 9.17) is 0 Å². The second kappa shape index (κ2) is 5.41. The third-order valence-corrected chi connectivity index (χ3v) is 5.84. The Hall–Kier alpha value is 0.140. The maximum absolute atomic E-state index is 3.73. The molecule has 17 heavy (non-hydrogen) atoms. The van der Waals surface area contributed by atoms with Gasteiger partial charge < -0.3 is 5.32 Å². The summed E-state index contributed by atoms with van der Waals surface area (Å²) >= 11 is 5.42. The van der Waals surface area contributed by atoms with Crippen molar-refractivity contribution in [2.45, 2.75) is 52.6 Å². The van der Waals surface area contributed by atoms with Gasteiger partial charge in [0, 0.05) is 21.9 Å². The van der Waals surface area contributed by atoms with Crippen LogP contribution < -0.4 is 5.32 Å². The smallest absolute Gasteiger partial charge is 0.0327 e. The highest BCUT2D eigenvalue weighted by Gasteiger charge is 2.31. The monoisotopic (exact) mass is 315 g/mol. The van der Waals surface area contributed by atoms with E-state index in [2.05, 4.69) is 53.5 Å². The molecule has 96 valence electrons. The largest absolute Gasteiger partial charge is 0.309 e. The Kier molecular flexibility index (Phi) is 4.32. The van der Waals surface area contributed by atoms with E-state index in [1.807, 2.05) is 11.3 Å². The van der Waals surface area contributed by atoms with E-state index >= 15 is 0 Å². The van der Waals surface area contributed by atoms with Gasteiger partial charge >= 0.3 is 0 Å². The minimum absolute atomic E-state index is 0.543. The summed E-state index contributed by atoms with van der Waals surface area (Å²) in [4.78, 5) is 1.42. The molecule has 1 saturated carbocycles. The summed E-state index contributed by atoms with van der Waals surface area (Å²) < 4.78 is 1.25. The molecule has 0 bridgehead atoms. The first-order chi connectivity index (χ1) is 7.98. The van der Waals surface area contributed by atoms with Crippen molar-refractivity contribution < 1.29 is 0 Å². The highest BCUT2D eigenvalue weighted by Crippen LogP contribution is 2.38. The Morgan fingerprint density at radius 1 is 1.53 bits per heavy atom. The van der Waals surface area contributed by atoms with Gasteiger partial charge in [-0.2, -0.15) is 0 Å². The number of hydrogen-bond acceptors (Lipinski definition) is 2. The van der Waals surface area contributed by atoms with Crippen LogP contribution in [0.15, 0.2) is 15.9 Å². The molecular weight excluding hydrogens is 294 g/mol. The van der Waals surface area contributed by atoms with Gasteiger partial charge in [-0.1, -0.05) is 20.8 Å². The Bertz CT molecular complexity index is 372. The Morgan fingerprint density at radius 3 is 2.88 bits per heavy atom. The number of thiophene rings is 1. The molecule has 1 aromatic heterocycles. The third-order valence-electron chi connectivity index (χ3n) is 3.91. The molecule has 3 heteroatoms. The second-order valence-corrected chi connectivity index (χ2v) is 7.92. The van der Waals surface area contributed by atoms with Crippen LogP contribution >= 0.6 is 27.3 Å². The summed E-state index contributed by atoms with van der Waals surface area (Å²) in [5, 5.41) is 5.88. The molecule has 2 atom stereocenters. The van der Waals surface area contributed by atoms with Crippen molar-refractivity contribution in [2.24, 2.45) is 11.3 Å². The summed E-state index contributed by atoms with van der Waals surface area (Å²) in [6, 6.07) is 2.83. The highest BCUT2D eigenvalue weighted by atomic mass is 79.9. The van der Waals surface area contributed by atoms with E-state index < -0.39 is 0 Å². The van der Waals surface area contributed by atoms with Gasteiger partial charge in [0.25, 0.3) is 0 Å². The summed E-state index contributed by atoms with van der Waals surface area (Å²) in [6.45, 7) is 8.20. The zero-order chi connectivity index (χ0) is 12.5. The fourth-order valence-corrected chi connectivity index (χ4v) is 4.37. The molecule has 0 saturated heterocycles.